The van der Waals surface area contributed by atoms with Crippen LogP contribution in [0.5, 0.6) is 0 Å². The van der Waals surface area contributed by atoms with E-state index in [2.05, 4.69) is 10.4 Å². The first kappa shape index (κ1) is 19.8. The highest BCUT2D eigenvalue weighted by Crippen LogP contribution is 2.43. The molecule has 0 bridgehead atoms. The van der Waals surface area contributed by atoms with Crippen LogP contribution in [0, 0.1) is 0 Å². The molecule has 156 valence electrons. The van der Waals surface area contributed by atoms with Gasteiger partial charge in [-0.05, 0) is 31.2 Å². The fraction of sp³-hybridized carbons (Fsp3) is 0.524. The van der Waals surface area contributed by atoms with Gasteiger partial charge in [-0.1, -0.05) is 37.3 Å². The number of anilines is 1. The number of nitrogens with zero attached hydrogens (tertiary/aromatic N) is 3. The predicted molar refractivity (Wildman–Crippen MR) is 104 cm³/mol. The van der Waals surface area contributed by atoms with Crippen molar-refractivity contribution in [1.29, 1.82) is 0 Å². The third-order valence-electron chi connectivity index (χ3n) is 5.97. The number of benzene rings is 1. The summed E-state index contributed by atoms with van der Waals surface area (Å²) in [6.45, 7) is 2.66. The number of hydrogen-bond acceptors (Lipinski definition) is 3. The molecule has 3 heterocycles. The summed E-state index contributed by atoms with van der Waals surface area (Å²) in [6, 6.07) is 8.39. The molecule has 29 heavy (non-hydrogen) atoms. The monoisotopic (exact) mass is 406 g/mol. The number of halogens is 3. The van der Waals surface area contributed by atoms with Crippen molar-refractivity contribution in [3.05, 3.63) is 47.7 Å². The van der Waals surface area contributed by atoms with Crippen molar-refractivity contribution in [1.82, 2.24) is 14.7 Å². The van der Waals surface area contributed by atoms with Gasteiger partial charge in [0.1, 0.15) is 5.82 Å². The van der Waals surface area contributed by atoms with Gasteiger partial charge in [0.25, 0.3) is 5.91 Å². The summed E-state index contributed by atoms with van der Waals surface area (Å²) in [6.07, 6.45) is -0.883. The van der Waals surface area contributed by atoms with E-state index >= 15 is 0 Å². The lowest BCUT2D eigenvalue weighted by atomic mass is 9.97. The first-order valence-electron chi connectivity index (χ1n) is 10.2. The molecular formula is C21H25F3N4O. The van der Waals surface area contributed by atoms with E-state index in [1.54, 1.807) is 4.90 Å². The Bertz CT molecular complexity index is 865. The summed E-state index contributed by atoms with van der Waals surface area (Å²) in [7, 11) is 0. The molecule has 0 spiro atoms. The Hall–Kier alpha value is -2.51. The third kappa shape index (κ3) is 3.84. The Labute approximate surface area is 167 Å². The highest BCUT2D eigenvalue weighted by atomic mass is 19.4. The van der Waals surface area contributed by atoms with Gasteiger partial charge in [0, 0.05) is 25.1 Å². The topological polar surface area (TPSA) is 50.2 Å². The van der Waals surface area contributed by atoms with Crippen LogP contribution in [0.2, 0.25) is 0 Å². The van der Waals surface area contributed by atoms with E-state index in [0.717, 1.165) is 35.9 Å². The first-order chi connectivity index (χ1) is 13.9. The van der Waals surface area contributed by atoms with E-state index in [0.29, 0.717) is 6.54 Å². The van der Waals surface area contributed by atoms with Crippen molar-refractivity contribution >= 4 is 11.7 Å². The number of nitrogens with one attached hydrogen (secondary N) is 1. The Kier molecular flexibility index (Phi) is 5.27. The molecule has 8 heteroatoms. The average Bonchev–Trinajstić information content (AvgIpc) is 3.16. The normalized spacial score (nSPS) is 24.7. The van der Waals surface area contributed by atoms with Crippen LogP contribution in [0.3, 0.4) is 0 Å². The second-order valence-electron chi connectivity index (χ2n) is 7.82. The summed E-state index contributed by atoms with van der Waals surface area (Å²) in [5.74, 6) is -0.0433. The number of amides is 1. The minimum absolute atomic E-state index is 0.0795. The molecule has 1 fully saturated rings. The zero-order chi connectivity index (χ0) is 20.6. The molecular weight excluding hydrogens is 381 g/mol. The van der Waals surface area contributed by atoms with Gasteiger partial charge in [-0.2, -0.15) is 18.3 Å². The molecule has 1 N–H and O–H groups in total. The van der Waals surface area contributed by atoms with Gasteiger partial charge in [0.15, 0.2) is 11.7 Å². The van der Waals surface area contributed by atoms with Crippen LogP contribution in [0.25, 0.3) is 0 Å². The zero-order valence-corrected chi connectivity index (χ0v) is 16.3. The summed E-state index contributed by atoms with van der Waals surface area (Å²) in [4.78, 5) is 14.8. The Morgan fingerprint density at radius 2 is 2.00 bits per heavy atom. The molecule has 2 aliphatic rings. The van der Waals surface area contributed by atoms with E-state index in [9.17, 15) is 18.0 Å². The van der Waals surface area contributed by atoms with E-state index < -0.39 is 18.3 Å². The molecule has 1 saturated heterocycles. The standard InChI is InChI=1S/C21H25F3N4O/c1-2-15-10-6-7-11-27(15)20(29)17-13-19-25-16(14-8-4-3-5-9-14)12-18(21(22,23)24)28(19)26-17/h3-5,8-9,13,15-16,18,25H,2,6-7,10-12H2,1H3/t15-,16+,18+/m0/s1. The smallest absolute Gasteiger partial charge is 0.363 e. The van der Waals surface area contributed by atoms with Crippen molar-refractivity contribution in [2.45, 2.75) is 63.3 Å². The fourth-order valence-corrected chi connectivity index (χ4v) is 4.42. The molecule has 3 atom stereocenters. The van der Waals surface area contributed by atoms with Crippen LogP contribution in [0.4, 0.5) is 19.0 Å². The van der Waals surface area contributed by atoms with E-state index in [4.69, 9.17) is 0 Å². The molecule has 0 saturated carbocycles. The van der Waals surface area contributed by atoms with Crippen LogP contribution < -0.4 is 5.32 Å². The number of hydrogen-bond donors (Lipinski definition) is 1. The summed E-state index contributed by atoms with van der Waals surface area (Å²) >= 11 is 0. The van der Waals surface area contributed by atoms with E-state index in [-0.39, 0.29) is 29.9 Å². The van der Waals surface area contributed by atoms with Crippen LogP contribution >= 0.6 is 0 Å². The van der Waals surface area contributed by atoms with Gasteiger partial charge in [-0.3, -0.25) is 4.79 Å². The van der Waals surface area contributed by atoms with Gasteiger partial charge in [0.05, 0.1) is 6.04 Å². The van der Waals surface area contributed by atoms with Crippen LogP contribution in [0.1, 0.15) is 67.2 Å². The third-order valence-corrected chi connectivity index (χ3v) is 5.97. The molecule has 5 nitrogen and oxygen atoms in total. The maximum Gasteiger partial charge on any atom is 0.410 e. The van der Waals surface area contributed by atoms with Gasteiger partial charge < -0.3 is 10.2 Å². The fourth-order valence-electron chi connectivity index (χ4n) is 4.42. The summed E-state index contributed by atoms with van der Waals surface area (Å²) in [5.41, 5.74) is 0.861. The molecule has 0 radical (unpaired) electrons. The maximum absolute atomic E-state index is 13.8. The van der Waals surface area contributed by atoms with Gasteiger partial charge in [-0.15, -0.1) is 0 Å². The highest BCUT2D eigenvalue weighted by Gasteiger charge is 2.47. The Balaban J connectivity index is 1.66. The van der Waals surface area contributed by atoms with Crippen molar-refractivity contribution < 1.29 is 18.0 Å². The molecule has 2 aromatic rings. The first-order valence-corrected chi connectivity index (χ1v) is 10.2. The summed E-state index contributed by atoms with van der Waals surface area (Å²) < 4.78 is 42.4. The molecule has 2 aliphatic heterocycles. The molecule has 0 unspecified atom stereocenters. The molecule has 4 rings (SSSR count). The van der Waals surface area contributed by atoms with Crippen molar-refractivity contribution in [3.63, 3.8) is 0 Å². The lowest BCUT2D eigenvalue weighted by Gasteiger charge is -2.34. The van der Waals surface area contributed by atoms with Crippen LogP contribution in [-0.2, 0) is 0 Å². The number of carbonyl (C=O) groups excluding carboxylic acids is 1. The van der Waals surface area contributed by atoms with Gasteiger partial charge in [0.2, 0.25) is 0 Å². The quantitative estimate of drug-likeness (QED) is 0.785. The molecule has 0 aliphatic carbocycles. The molecule has 1 aromatic carbocycles. The number of carbonyl (C=O) groups is 1. The number of piperidine rings is 1. The Morgan fingerprint density at radius 3 is 2.69 bits per heavy atom. The number of fused-ring (bicyclic) bond motifs is 1. The largest absolute Gasteiger partial charge is 0.410 e. The van der Waals surface area contributed by atoms with Gasteiger partial charge in [-0.25, -0.2) is 4.68 Å². The minimum Gasteiger partial charge on any atom is -0.363 e. The van der Waals surface area contributed by atoms with Crippen LogP contribution in [-0.4, -0.2) is 39.4 Å². The second-order valence-corrected chi connectivity index (χ2v) is 7.82. The predicted octanol–water partition coefficient (Wildman–Crippen LogP) is 4.95. The number of aromatic nitrogens is 2. The maximum atomic E-state index is 13.8. The van der Waals surface area contributed by atoms with Gasteiger partial charge >= 0.3 is 6.18 Å². The highest BCUT2D eigenvalue weighted by molar-refractivity contribution is 5.93. The van der Waals surface area contributed by atoms with E-state index in [1.165, 1.54) is 6.07 Å². The average molecular weight is 406 g/mol. The van der Waals surface area contributed by atoms with Crippen LogP contribution in [0.15, 0.2) is 36.4 Å². The molecule has 1 aromatic heterocycles. The molecule has 1 amide bonds. The Morgan fingerprint density at radius 1 is 1.24 bits per heavy atom. The lowest BCUT2D eigenvalue weighted by Crippen LogP contribution is -2.43. The van der Waals surface area contributed by atoms with Crippen molar-refractivity contribution in [2.75, 3.05) is 11.9 Å². The zero-order valence-electron chi connectivity index (χ0n) is 16.3. The second kappa shape index (κ2) is 7.72. The lowest BCUT2D eigenvalue weighted by molar-refractivity contribution is -0.173. The number of alkyl halides is 3. The summed E-state index contributed by atoms with van der Waals surface area (Å²) in [5, 5.41) is 7.26. The SMILES string of the molecule is CC[C@H]1CCCCN1C(=O)c1cc2n(n1)[C@@H](C(F)(F)F)C[C@H](c1ccccc1)N2. The number of rotatable bonds is 3. The van der Waals surface area contributed by atoms with Crippen molar-refractivity contribution in [2.24, 2.45) is 0 Å². The van der Waals surface area contributed by atoms with E-state index in [1.807, 2.05) is 37.3 Å². The van der Waals surface area contributed by atoms with Crippen molar-refractivity contribution in [3.8, 4) is 0 Å². The minimum atomic E-state index is -4.45. The number of likely N-dealkylation sites (tertiary alicyclic amines) is 1.